The third-order valence-corrected chi connectivity index (χ3v) is 2.01. The Hall–Kier alpha value is -1.06. The second-order valence-corrected chi connectivity index (χ2v) is 4.05. The molecule has 0 aliphatic rings. The smallest absolute Gasteiger partial charge is 0.431 e. The molecule has 0 amide bonds. The zero-order valence-corrected chi connectivity index (χ0v) is 10.5. The van der Waals surface area contributed by atoms with E-state index in [1.807, 2.05) is 0 Å². The van der Waals surface area contributed by atoms with Gasteiger partial charge in [0.05, 0.1) is 6.10 Å². The predicted octanol–water partition coefficient (Wildman–Crippen LogP) is 3.44. The minimum absolute atomic E-state index is 0.259. The van der Waals surface area contributed by atoms with Crippen LogP contribution in [0, 0.1) is 0 Å². The molecule has 0 bridgehead atoms. The fourth-order valence-electron chi connectivity index (χ4n) is 1.23. The molecule has 0 aliphatic carbocycles. The van der Waals surface area contributed by atoms with Crippen LogP contribution in [0.25, 0.3) is 0 Å². The first-order valence-corrected chi connectivity index (χ1v) is 5.97. The Bertz CT molecular complexity index is 211. The Balaban J connectivity index is 3.47. The predicted molar refractivity (Wildman–Crippen MR) is 61.1 cm³/mol. The van der Waals surface area contributed by atoms with Gasteiger partial charge in [-0.3, -0.25) is 4.79 Å². The van der Waals surface area contributed by atoms with E-state index in [0.29, 0.717) is 0 Å². The Morgan fingerprint density at radius 2 is 1.69 bits per heavy atom. The average molecular weight is 230 g/mol. The molecule has 0 aliphatic heterocycles. The quantitative estimate of drug-likeness (QED) is 0.382. The second-order valence-electron chi connectivity index (χ2n) is 4.05. The lowest BCUT2D eigenvalue weighted by Gasteiger charge is -2.06. The SMILES string of the molecule is CCCCCCCC(=O)OC(=O)OC(C)C. The van der Waals surface area contributed by atoms with Crippen molar-refractivity contribution in [1.29, 1.82) is 0 Å². The average Bonchev–Trinajstić information content (AvgIpc) is 2.15. The molecule has 0 radical (unpaired) electrons. The maximum Gasteiger partial charge on any atom is 0.516 e. The summed E-state index contributed by atoms with van der Waals surface area (Å²) in [4.78, 5) is 22.1. The molecule has 0 aromatic carbocycles. The molecule has 94 valence electrons. The van der Waals surface area contributed by atoms with Gasteiger partial charge in [0.2, 0.25) is 0 Å². The molecule has 4 nitrogen and oxygen atoms in total. The molecule has 0 atom stereocenters. The molecule has 0 N–H and O–H groups in total. The summed E-state index contributed by atoms with van der Waals surface area (Å²) in [5.41, 5.74) is 0. The van der Waals surface area contributed by atoms with Crippen molar-refractivity contribution >= 4 is 12.1 Å². The highest BCUT2D eigenvalue weighted by molar-refractivity contribution is 5.81. The van der Waals surface area contributed by atoms with Crippen molar-refractivity contribution in [2.45, 2.75) is 65.4 Å². The molecular formula is C12H22O4. The standard InChI is InChI=1S/C12H22O4/c1-4-5-6-7-8-9-11(13)16-12(14)15-10(2)3/h10H,4-9H2,1-3H3. The highest BCUT2D eigenvalue weighted by atomic mass is 16.7. The first kappa shape index (κ1) is 14.9. The molecule has 0 unspecified atom stereocenters. The summed E-state index contributed by atoms with van der Waals surface area (Å²) >= 11 is 0. The van der Waals surface area contributed by atoms with Crippen molar-refractivity contribution in [2.75, 3.05) is 0 Å². The Labute approximate surface area is 97.3 Å². The van der Waals surface area contributed by atoms with E-state index in [1.54, 1.807) is 13.8 Å². The molecule has 0 saturated carbocycles. The lowest BCUT2D eigenvalue weighted by molar-refractivity contribution is -0.140. The lowest BCUT2D eigenvalue weighted by Crippen LogP contribution is -2.17. The van der Waals surface area contributed by atoms with Crippen LogP contribution < -0.4 is 0 Å². The largest absolute Gasteiger partial charge is 0.516 e. The zero-order valence-electron chi connectivity index (χ0n) is 10.5. The highest BCUT2D eigenvalue weighted by Crippen LogP contribution is 2.06. The summed E-state index contributed by atoms with van der Waals surface area (Å²) in [7, 11) is 0. The number of unbranched alkanes of at least 4 members (excludes halogenated alkanes) is 4. The third-order valence-electron chi connectivity index (χ3n) is 2.01. The van der Waals surface area contributed by atoms with E-state index in [-0.39, 0.29) is 12.5 Å². The monoisotopic (exact) mass is 230 g/mol. The van der Waals surface area contributed by atoms with Crippen LogP contribution in [-0.2, 0) is 14.3 Å². The summed E-state index contributed by atoms with van der Waals surface area (Å²) in [6.45, 7) is 5.54. The van der Waals surface area contributed by atoms with E-state index in [2.05, 4.69) is 16.4 Å². The van der Waals surface area contributed by atoms with Crippen LogP contribution in [0.3, 0.4) is 0 Å². The van der Waals surface area contributed by atoms with Crippen LogP contribution in [-0.4, -0.2) is 18.2 Å². The molecule has 0 aromatic heterocycles. The fraction of sp³-hybridized carbons (Fsp3) is 0.833. The summed E-state index contributed by atoms with van der Waals surface area (Å²) in [6, 6.07) is 0. The lowest BCUT2D eigenvalue weighted by atomic mass is 10.1. The Morgan fingerprint density at radius 3 is 2.25 bits per heavy atom. The van der Waals surface area contributed by atoms with Crippen molar-refractivity contribution < 1.29 is 19.1 Å². The van der Waals surface area contributed by atoms with E-state index in [1.165, 1.54) is 12.8 Å². The van der Waals surface area contributed by atoms with Crippen molar-refractivity contribution in [1.82, 2.24) is 0 Å². The van der Waals surface area contributed by atoms with Gasteiger partial charge in [-0.2, -0.15) is 0 Å². The normalized spacial score (nSPS) is 10.2. The number of rotatable bonds is 7. The maximum absolute atomic E-state index is 11.1. The van der Waals surface area contributed by atoms with Crippen molar-refractivity contribution in [3.05, 3.63) is 0 Å². The molecule has 0 rings (SSSR count). The Morgan fingerprint density at radius 1 is 1.06 bits per heavy atom. The molecular weight excluding hydrogens is 208 g/mol. The number of hydrogen-bond donors (Lipinski definition) is 0. The van der Waals surface area contributed by atoms with E-state index in [9.17, 15) is 9.59 Å². The van der Waals surface area contributed by atoms with Crippen LogP contribution in [0.2, 0.25) is 0 Å². The van der Waals surface area contributed by atoms with Crippen LogP contribution in [0.1, 0.15) is 59.3 Å². The second kappa shape index (κ2) is 9.19. The summed E-state index contributed by atoms with van der Waals surface area (Å²) in [5.74, 6) is -0.498. The highest BCUT2D eigenvalue weighted by Gasteiger charge is 2.12. The van der Waals surface area contributed by atoms with Crippen molar-refractivity contribution in [3.63, 3.8) is 0 Å². The molecule has 0 spiro atoms. The summed E-state index contributed by atoms with van der Waals surface area (Å²) in [5, 5.41) is 0. The number of carbonyl (C=O) groups excluding carboxylic acids is 2. The van der Waals surface area contributed by atoms with E-state index < -0.39 is 12.1 Å². The van der Waals surface area contributed by atoms with Crippen LogP contribution in [0.15, 0.2) is 0 Å². The number of hydrogen-bond acceptors (Lipinski definition) is 4. The summed E-state index contributed by atoms with van der Waals surface area (Å²) < 4.78 is 9.15. The minimum atomic E-state index is -0.895. The maximum atomic E-state index is 11.1. The van der Waals surface area contributed by atoms with Gasteiger partial charge in [0.1, 0.15) is 0 Å². The fourth-order valence-corrected chi connectivity index (χ4v) is 1.23. The number of carbonyl (C=O) groups is 2. The number of ether oxygens (including phenoxy) is 2. The molecule has 0 fully saturated rings. The van der Waals surface area contributed by atoms with Crippen molar-refractivity contribution in [3.8, 4) is 0 Å². The van der Waals surface area contributed by atoms with Gasteiger partial charge < -0.3 is 9.47 Å². The van der Waals surface area contributed by atoms with E-state index in [0.717, 1.165) is 19.3 Å². The third kappa shape index (κ3) is 9.49. The van der Waals surface area contributed by atoms with Gasteiger partial charge >= 0.3 is 12.1 Å². The van der Waals surface area contributed by atoms with E-state index >= 15 is 0 Å². The number of esters is 1. The molecule has 16 heavy (non-hydrogen) atoms. The van der Waals surface area contributed by atoms with E-state index in [4.69, 9.17) is 0 Å². The summed E-state index contributed by atoms with van der Waals surface area (Å²) in [6.07, 6.45) is 4.39. The minimum Gasteiger partial charge on any atom is -0.431 e. The van der Waals surface area contributed by atoms with Gasteiger partial charge in [-0.05, 0) is 20.3 Å². The van der Waals surface area contributed by atoms with Gasteiger partial charge in [-0.25, -0.2) is 4.79 Å². The van der Waals surface area contributed by atoms with Gasteiger partial charge in [-0.1, -0.05) is 32.6 Å². The molecule has 0 saturated heterocycles. The molecule has 0 heterocycles. The van der Waals surface area contributed by atoms with Gasteiger partial charge in [0.15, 0.2) is 0 Å². The van der Waals surface area contributed by atoms with Crippen LogP contribution >= 0.6 is 0 Å². The Kier molecular flexibility index (Phi) is 8.58. The van der Waals surface area contributed by atoms with Gasteiger partial charge in [0.25, 0.3) is 0 Å². The van der Waals surface area contributed by atoms with Gasteiger partial charge in [0, 0.05) is 6.42 Å². The first-order chi connectivity index (χ1) is 7.56. The van der Waals surface area contributed by atoms with Crippen molar-refractivity contribution in [2.24, 2.45) is 0 Å². The molecule has 0 aromatic rings. The molecule has 4 heteroatoms. The van der Waals surface area contributed by atoms with Gasteiger partial charge in [-0.15, -0.1) is 0 Å². The van der Waals surface area contributed by atoms with Crippen LogP contribution in [0.4, 0.5) is 4.79 Å². The first-order valence-electron chi connectivity index (χ1n) is 5.97. The topological polar surface area (TPSA) is 52.6 Å². The zero-order chi connectivity index (χ0) is 12.4. The van der Waals surface area contributed by atoms with Crippen LogP contribution in [0.5, 0.6) is 0 Å².